The number of aromatic amines is 1. The van der Waals surface area contributed by atoms with Gasteiger partial charge in [0.05, 0.1) is 12.4 Å². The molecular weight excluding hydrogens is 378 g/mol. The fourth-order valence-corrected chi connectivity index (χ4v) is 5.53. The number of quaternary nitrogens is 1. The molecule has 2 N–H and O–H groups in total. The Balaban J connectivity index is 1.46. The topological polar surface area (TPSA) is 50.2 Å². The number of benzene rings is 2. The predicted molar refractivity (Wildman–Crippen MR) is 118 cm³/mol. The highest BCUT2D eigenvalue weighted by molar-refractivity contribution is 7.17. The van der Waals surface area contributed by atoms with Crippen LogP contribution >= 0.6 is 11.3 Å². The van der Waals surface area contributed by atoms with Crippen molar-refractivity contribution in [2.75, 3.05) is 7.05 Å². The maximum Gasteiger partial charge on any atom is 0.260 e. The highest BCUT2D eigenvalue weighted by Crippen LogP contribution is 2.30. The Hall–Kier alpha value is -2.76. The number of thiophene rings is 1. The van der Waals surface area contributed by atoms with E-state index in [1.165, 1.54) is 35.3 Å². The number of nitrogens with zero attached hydrogens (tertiary/aromatic N) is 1. The zero-order valence-electron chi connectivity index (χ0n) is 16.4. The quantitative estimate of drug-likeness (QED) is 0.546. The van der Waals surface area contributed by atoms with Crippen LogP contribution in [0, 0.1) is 0 Å². The molecule has 1 aliphatic carbocycles. The Kier molecular flexibility index (Phi) is 4.78. The molecule has 0 saturated heterocycles. The van der Waals surface area contributed by atoms with Crippen LogP contribution in [0.4, 0.5) is 0 Å². The molecule has 0 spiro atoms. The standard InChI is InChI=1S/C24H23N3OS/c1-27(20-13-7-11-16-10-5-6-12-18(16)20)14-21-25-23(28)22-19(15-29-24(22)26-21)17-8-3-2-4-9-17/h2-6,8-10,12,15,20H,7,11,13-14H2,1H3,(H,25,26,28)/p+1/t20-/m0/s1. The fourth-order valence-electron chi connectivity index (χ4n) is 4.56. The summed E-state index contributed by atoms with van der Waals surface area (Å²) in [6, 6.07) is 19.3. The first-order valence-corrected chi connectivity index (χ1v) is 11.0. The van der Waals surface area contributed by atoms with E-state index in [1.54, 1.807) is 11.3 Å². The molecule has 0 radical (unpaired) electrons. The van der Waals surface area contributed by atoms with Crippen LogP contribution in [0.3, 0.4) is 0 Å². The molecule has 1 unspecified atom stereocenters. The molecular formula is C24H24N3OS+. The van der Waals surface area contributed by atoms with Crippen LogP contribution in [0.5, 0.6) is 0 Å². The first-order chi connectivity index (χ1) is 14.2. The zero-order chi connectivity index (χ0) is 19.8. The molecule has 0 bridgehead atoms. The minimum absolute atomic E-state index is 0.0399. The lowest BCUT2D eigenvalue weighted by atomic mass is 9.87. The number of aryl methyl sites for hydroxylation is 1. The molecule has 146 valence electrons. The number of H-pyrrole nitrogens is 1. The minimum atomic E-state index is -0.0399. The maximum atomic E-state index is 12.9. The van der Waals surface area contributed by atoms with Crippen LogP contribution < -0.4 is 10.5 Å². The van der Waals surface area contributed by atoms with E-state index in [0.29, 0.717) is 18.0 Å². The molecule has 2 heterocycles. The number of rotatable bonds is 4. The van der Waals surface area contributed by atoms with Crippen LogP contribution in [-0.2, 0) is 13.0 Å². The lowest BCUT2D eigenvalue weighted by molar-refractivity contribution is -0.927. The summed E-state index contributed by atoms with van der Waals surface area (Å²) < 4.78 is 0. The fraction of sp³-hybridized carbons (Fsp3) is 0.250. The molecule has 2 aromatic carbocycles. The van der Waals surface area contributed by atoms with E-state index in [9.17, 15) is 4.79 Å². The third-order valence-corrected chi connectivity index (χ3v) is 6.86. The summed E-state index contributed by atoms with van der Waals surface area (Å²) >= 11 is 1.55. The van der Waals surface area contributed by atoms with E-state index >= 15 is 0 Å². The van der Waals surface area contributed by atoms with Crippen molar-refractivity contribution in [1.82, 2.24) is 9.97 Å². The van der Waals surface area contributed by atoms with Crippen LogP contribution in [-0.4, -0.2) is 17.0 Å². The number of aromatic nitrogens is 2. The van der Waals surface area contributed by atoms with Crippen LogP contribution in [0.2, 0.25) is 0 Å². The SMILES string of the molecule is C[NH+](Cc1nc2scc(-c3ccccc3)c2c(=O)[nH]1)[C@H]1CCCc2ccccc21. The van der Waals surface area contributed by atoms with E-state index < -0.39 is 0 Å². The molecule has 29 heavy (non-hydrogen) atoms. The number of hydrogen-bond acceptors (Lipinski definition) is 3. The Morgan fingerprint density at radius 3 is 2.79 bits per heavy atom. The van der Waals surface area contributed by atoms with Gasteiger partial charge in [0.1, 0.15) is 17.4 Å². The van der Waals surface area contributed by atoms with Crippen molar-refractivity contribution in [3.05, 3.63) is 87.3 Å². The zero-order valence-corrected chi connectivity index (χ0v) is 17.3. The predicted octanol–water partition coefficient (Wildman–Crippen LogP) is 3.74. The molecule has 2 atom stereocenters. The molecule has 0 amide bonds. The molecule has 4 nitrogen and oxygen atoms in total. The van der Waals surface area contributed by atoms with Gasteiger partial charge in [0, 0.05) is 22.9 Å². The smallest absolute Gasteiger partial charge is 0.260 e. The normalized spacial score (nSPS) is 17.2. The average Bonchev–Trinajstić information content (AvgIpc) is 3.18. The summed E-state index contributed by atoms with van der Waals surface area (Å²) in [4.78, 5) is 23.0. The lowest BCUT2D eigenvalue weighted by Crippen LogP contribution is -3.08. The summed E-state index contributed by atoms with van der Waals surface area (Å²) in [6.45, 7) is 0.711. The highest BCUT2D eigenvalue weighted by Gasteiger charge is 2.27. The third kappa shape index (κ3) is 3.41. The van der Waals surface area contributed by atoms with Gasteiger partial charge in [-0.25, -0.2) is 4.98 Å². The van der Waals surface area contributed by atoms with E-state index in [1.807, 2.05) is 35.7 Å². The van der Waals surface area contributed by atoms with Gasteiger partial charge in [-0.2, -0.15) is 0 Å². The lowest BCUT2D eigenvalue weighted by Gasteiger charge is -2.30. The monoisotopic (exact) mass is 402 g/mol. The van der Waals surface area contributed by atoms with Crippen molar-refractivity contribution < 1.29 is 4.90 Å². The van der Waals surface area contributed by atoms with E-state index in [2.05, 4.69) is 36.3 Å². The second kappa shape index (κ2) is 7.58. The van der Waals surface area contributed by atoms with Crippen molar-refractivity contribution >= 4 is 21.6 Å². The molecule has 0 saturated carbocycles. The Morgan fingerprint density at radius 1 is 1.14 bits per heavy atom. The van der Waals surface area contributed by atoms with Crippen LogP contribution in [0.1, 0.15) is 35.8 Å². The first kappa shape index (κ1) is 18.3. The summed E-state index contributed by atoms with van der Waals surface area (Å²) in [5, 5.41) is 2.74. The summed E-state index contributed by atoms with van der Waals surface area (Å²) in [6.07, 6.45) is 3.55. The van der Waals surface area contributed by atoms with Gasteiger partial charge < -0.3 is 9.88 Å². The molecule has 0 fully saturated rings. The van der Waals surface area contributed by atoms with Gasteiger partial charge in [0.25, 0.3) is 5.56 Å². The molecule has 4 aromatic rings. The van der Waals surface area contributed by atoms with E-state index in [0.717, 1.165) is 21.8 Å². The van der Waals surface area contributed by atoms with Crippen molar-refractivity contribution in [3.63, 3.8) is 0 Å². The van der Waals surface area contributed by atoms with Gasteiger partial charge in [0.2, 0.25) is 0 Å². The minimum Gasteiger partial charge on any atom is -0.325 e. The molecule has 1 aliphatic rings. The van der Waals surface area contributed by atoms with Gasteiger partial charge in [-0.1, -0.05) is 54.6 Å². The molecule has 2 aromatic heterocycles. The van der Waals surface area contributed by atoms with Crippen molar-refractivity contribution in [3.8, 4) is 11.1 Å². The second-order valence-corrected chi connectivity index (χ2v) is 8.73. The van der Waals surface area contributed by atoms with Gasteiger partial charge in [-0.05, 0) is 24.0 Å². The van der Waals surface area contributed by atoms with E-state index in [-0.39, 0.29) is 5.56 Å². The Bertz CT molecular complexity index is 1210. The summed E-state index contributed by atoms with van der Waals surface area (Å²) in [7, 11) is 2.21. The largest absolute Gasteiger partial charge is 0.325 e. The van der Waals surface area contributed by atoms with Crippen molar-refractivity contribution in [2.45, 2.75) is 31.8 Å². The molecule has 0 aliphatic heterocycles. The Morgan fingerprint density at radius 2 is 1.93 bits per heavy atom. The maximum absolute atomic E-state index is 12.9. The third-order valence-electron chi connectivity index (χ3n) is 5.99. The summed E-state index contributed by atoms with van der Waals surface area (Å²) in [5.74, 6) is 0.768. The average molecular weight is 403 g/mol. The second-order valence-electron chi connectivity index (χ2n) is 7.87. The van der Waals surface area contributed by atoms with Crippen LogP contribution in [0.15, 0.2) is 64.8 Å². The van der Waals surface area contributed by atoms with Crippen LogP contribution in [0.25, 0.3) is 21.3 Å². The number of nitrogens with one attached hydrogen (secondary N) is 2. The van der Waals surface area contributed by atoms with Gasteiger partial charge in [-0.15, -0.1) is 11.3 Å². The highest BCUT2D eigenvalue weighted by atomic mass is 32.1. The summed E-state index contributed by atoms with van der Waals surface area (Å²) in [5.41, 5.74) is 4.89. The molecule has 5 heteroatoms. The van der Waals surface area contributed by atoms with Gasteiger partial charge >= 0.3 is 0 Å². The van der Waals surface area contributed by atoms with Gasteiger partial charge in [0.15, 0.2) is 5.82 Å². The number of fused-ring (bicyclic) bond motifs is 2. The van der Waals surface area contributed by atoms with Crippen molar-refractivity contribution in [2.24, 2.45) is 0 Å². The molecule has 5 rings (SSSR count). The first-order valence-electron chi connectivity index (χ1n) is 10.2. The Labute approximate surface area is 173 Å². The van der Waals surface area contributed by atoms with Crippen molar-refractivity contribution in [1.29, 1.82) is 0 Å². The number of hydrogen-bond donors (Lipinski definition) is 2. The van der Waals surface area contributed by atoms with Gasteiger partial charge in [-0.3, -0.25) is 4.79 Å². The van der Waals surface area contributed by atoms with E-state index in [4.69, 9.17) is 4.98 Å².